The second kappa shape index (κ2) is 17.5. The number of β-amino-alcohol motifs (C(OH)–C–C–N with tert-alkyl or cyclic N) is 1. The summed E-state index contributed by atoms with van der Waals surface area (Å²) in [6.45, 7) is 2.65. The van der Waals surface area contributed by atoms with Crippen molar-refractivity contribution in [2.75, 3.05) is 19.6 Å². The molecule has 252 valence electrons. The van der Waals surface area contributed by atoms with Crippen LogP contribution in [-0.4, -0.2) is 64.0 Å². The van der Waals surface area contributed by atoms with E-state index in [1.165, 1.54) is 0 Å². The lowest BCUT2D eigenvalue weighted by atomic mass is 9.98. The van der Waals surface area contributed by atoms with Gasteiger partial charge in [0.15, 0.2) is 6.29 Å². The maximum absolute atomic E-state index is 12.4. The zero-order chi connectivity index (χ0) is 33.0. The summed E-state index contributed by atoms with van der Waals surface area (Å²) in [5, 5.41) is 31.1. The number of nitrogens with one attached hydrogen (secondary N) is 2. The van der Waals surface area contributed by atoms with Gasteiger partial charge in [0.1, 0.15) is 0 Å². The number of nitrogens with zero attached hydrogens (tertiary/aromatic N) is 1. The van der Waals surface area contributed by atoms with Gasteiger partial charge in [0, 0.05) is 51.0 Å². The van der Waals surface area contributed by atoms with Crippen molar-refractivity contribution in [1.82, 2.24) is 15.7 Å². The molecule has 0 aromatic heterocycles. The number of aliphatic hydroxyl groups excluding tert-OH is 2. The van der Waals surface area contributed by atoms with E-state index in [1.54, 1.807) is 5.48 Å². The molecule has 3 aromatic rings. The van der Waals surface area contributed by atoms with Crippen LogP contribution >= 0.6 is 0 Å². The van der Waals surface area contributed by atoms with Crippen LogP contribution in [-0.2, 0) is 32.2 Å². The molecule has 5 rings (SSSR count). The summed E-state index contributed by atoms with van der Waals surface area (Å²) in [7, 11) is 0. The molecule has 10 nitrogen and oxygen atoms in total. The molecule has 4 atom stereocenters. The molecule has 2 aliphatic heterocycles. The Morgan fingerprint density at radius 2 is 1.55 bits per heavy atom. The van der Waals surface area contributed by atoms with Crippen LogP contribution in [0.1, 0.15) is 86.0 Å². The summed E-state index contributed by atoms with van der Waals surface area (Å²) in [5.41, 5.74) is 7.50. The number of carbonyl (C=O) groups is 2. The molecule has 5 N–H and O–H groups in total. The van der Waals surface area contributed by atoms with E-state index in [4.69, 9.17) is 14.7 Å². The molecule has 0 unspecified atom stereocenters. The van der Waals surface area contributed by atoms with Gasteiger partial charge in [-0.3, -0.25) is 19.7 Å². The second-order valence-corrected chi connectivity index (χ2v) is 12.6. The van der Waals surface area contributed by atoms with Crippen LogP contribution in [0.25, 0.3) is 11.1 Å². The Morgan fingerprint density at radius 1 is 0.830 bits per heavy atom. The summed E-state index contributed by atoms with van der Waals surface area (Å²) in [4.78, 5) is 25.8. The summed E-state index contributed by atoms with van der Waals surface area (Å²) < 4.78 is 13.1. The molecule has 0 bridgehead atoms. The standard InChI is InChI=1S/C37H47N3O7/c41-25-26-13-15-28(16-14-26)34-21-33(24-40-18-17-32(42)23-40)46-37(47-34)31-10-6-9-30(20-31)29-8-5-7-27(19-29)22-38-35(43)11-3-1-2-4-12-36(44)39-45/h5-10,13-16,19-20,32-34,37,41-42,45H,1-4,11-12,17-18,21-25H2,(H,38,43)(H,39,44)/t32-,33+,34-,37-/m0/s1. The first-order valence-electron chi connectivity index (χ1n) is 16.7. The topological polar surface area (TPSA) is 141 Å². The van der Waals surface area contributed by atoms with Crippen molar-refractivity contribution < 1.29 is 34.5 Å². The molecule has 2 saturated heterocycles. The predicted octanol–water partition coefficient (Wildman–Crippen LogP) is 4.92. The van der Waals surface area contributed by atoms with Gasteiger partial charge in [0.25, 0.3) is 0 Å². The van der Waals surface area contributed by atoms with E-state index in [0.29, 0.717) is 32.4 Å². The molecule has 2 fully saturated rings. The third-order valence-electron chi connectivity index (χ3n) is 8.92. The molecule has 2 aliphatic rings. The van der Waals surface area contributed by atoms with E-state index < -0.39 is 6.29 Å². The first-order valence-corrected chi connectivity index (χ1v) is 16.7. The minimum absolute atomic E-state index is 0.00403. The number of amides is 2. The minimum Gasteiger partial charge on any atom is -0.392 e. The molecular formula is C37H47N3O7. The number of rotatable bonds is 15. The Kier molecular flexibility index (Phi) is 12.9. The number of likely N-dealkylation sites (tertiary alicyclic amines) is 1. The summed E-state index contributed by atoms with van der Waals surface area (Å²) in [5.74, 6) is -0.387. The van der Waals surface area contributed by atoms with Crippen molar-refractivity contribution in [2.45, 2.75) is 89.1 Å². The van der Waals surface area contributed by atoms with Crippen molar-refractivity contribution >= 4 is 11.8 Å². The van der Waals surface area contributed by atoms with Gasteiger partial charge >= 0.3 is 0 Å². The van der Waals surface area contributed by atoms with Crippen LogP contribution < -0.4 is 10.8 Å². The van der Waals surface area contributed by atoms with E-state index in [9.17, 15) is 19.8 Å². The Labute approximate surface area is 276 Å². The molecule has 0 spiro atoms. The molecule has 3 aromatic carbocycles. The highest BCUT2D eigenvalue weighted by Gasteiger charge is 2.34. The highest BCUT2D eigenvalue weighted by Crippen LogP contribution is 2.39. The van der Waals surface area contributed by atoms with Gasteiger partial charge in [-0.15, -0.1) is 0 Å². The van der Waals surface area contributed by atoms with E-state index in [0.717, 1.165) is 72.2 Å². The van der Waals surface area contributed by atoms with Gasteiger partial charge in [-0.05, 0) is 59.2 Å². The van der Waals surface area contributed by atoms with Crippen molar-refractivity contribution in [1.29, 1.82) is 0 Å². The third-order valence-corrected chi connectivity index (χ3v) is 8.92. The van der Waals surface area contributed by atoms with E-state index >= 15 is 0 Å². The highest BCUT2D eigenvalue weighted by molar-refractivity contribution is 5.76. The van der Waals surface area contributed by atoms with Crippen LogP contribution in [0.5, 0.6) is 0 Å². The number of benzene rings is 3. The van der Waals surface area contributed by atoms with Crippen LogP contribution in [0.15, 0.2) is 72.8 Å². The maximum Gasteiger partial charge on any atom is 0.243 e. The van der Waals surface area contributed by atoms with E-state index in [1.807, 2.05) is 48.5 Å². The summed E-state index contributed by atoms with van der Waals surface area (Å²) >= 11 is 0. The zero-order valence-electron chi connectivity index (χ0n) is 26.9. The number of unbranched alkanes of at least 4 members (excludes halogenated alkanes) is 3. The predicted molar refractivity (Wildman–Crippen MR) is 177 cm³/mol. The van der Waals surface area contributed by atoms with Crippen molar-refractivity contribution in [3.8, 4) is 11.1 Å². The quantitative estimate of drug-likeness (QED) is 0.0892. The highest BCUT2D eigenvalue weighted by atomic mass is 16.7. The molecule has 2 amide bonds. The fourth-order valence-corrected chi connectivity index (χ4v) is 6.29. The van der Waals surface area contributed by atoms with Crippen molar-refractivity contribution in [2.24, 2.45) is 0 Å². The molecular weight excluding hydrogens is 598 g/mol. The molecule has 0 saturated carbocycles. The number of hydrogen-bond acceptors (Lipinski definition) is 8. The normalized spacial score (nSPS) is 21.4. The lowest BCUT2D eigenvalue weighted by Crippen LogP contribution is -2.38. The first-order chi connectivity index (χ1) is 22.9. The van der Waals surface area contributed by atoms with Crippen LogP contribution in [0, 0.1) is 0 Å². The largest absolute Gasteiger partial charge is 0.392 e. The minimum atomic E-state index is -0.571. The van der Waals surface area contributed by atoms with Crippen LogP contribution in [0.3, 0.4) is 0 Å². The van der Waals surface area contributed by atoms with Gasteiger partial charge in [0.05, 0.1) is 24.9 Å². The lowest BCUT2D eigenvalue weighted by molar-refractivity contribution is -0.252. The monoisotopic (exact) mass is 645 g/mol. The molecule has 0 aliphatic carbocycles. The maximum atomic E-state index is 12.4. The van der Waals surface area contributed by atoms with Crippen molar-refractivity contribution in [3.63, 3.8) is 0 Å². The lowest BCUT2D eigenvalue weighted by Gasteiger charge is -2.38. The number of hydroxylamine groups is 1. The fourth-order valence-electron chi connectivity index (χ4n) is 6.29. The van der Waals surface area contributed by atoms with Crippen LogP contribution in [0.4, 0.5) is 0 Å². The second-order valence-electron chi connectivity index (χ2n) is 12.6. The number of aliphatic hydroxyl groups is 2. The van der Waals surface area contributed by atoms with E-state index in [-0.39, 0.29) is 43.2 Å². The average molecular weight is 646 g/mol. The van der Waals surface area contributed by atoms with Gasteiger partial charge < -0.3 is 25.0 Å². The van der Waals surface area contributed by atoms with Crippen LogP contribution in [0.2, 0.25) is 0 Å². The number of ether oxygens (including phenoxy) is 2. The Morgan fingerprint density at radius 3 is 2.26 bits per heavy atom. The Balaban J connectivity index is 1.21. The summed E-state index contributed by atoms with van der Waals surface area (Å²) in [6.07, 6.45) is 4.19. The Hall–Kier alpha value is -3.64. The van der Waals surface area contributed by atoms with Gasteiger partial charge in [-0.25, -0.2) is 5.48 Å². The third kappa shape index (κ3) is 10.4. The summed E-state index contributed by atoms with van der Waals surface area (Å²) in [6, 6.07) is 24.2. The van der Waals surface area contributed by atoms with Crippen molar-refractivity contribution in [3.05, 3.63) is 95.1 Å². The molecule has 10 heteroatoms. The molecule has 0 radical (unpaired) electrons. The molecule has 47 heavy (non-hydrogen) atoms. The number of hydrogen-bond donors (Lipinski definition) is 5. The first kappa shape index (κ1) is 34.7. The SMILES string of the molecule is O=C(CCCCCCC(=O)NCc1cccc(-c2cccc([C@H]3O[C@@H](CN4CC[C@H](O)C4)C[C@@H](c4ccc(CO)cc4)O3)c2)c1)NO. The number of carbonyl (C=O) groups excluding carboxylic acids is 2. The zero-order valence-corrected chi connectivity index (χ0v) is 26.9. The smallest absolute Gasteiger partial charge is 0.243 e. The van der Waals surface area contributed by atoms with Gasteiger partial charge in [-0.1, -0.05) is 73.5 Å². The van der Waals surface area contributed by atoms with E-state index in [2.05, 4.69) is 34.5 Å². The molecule has 2 heterocycles. The average Bonchev–Trinajstić information content (AvgIpc) is 3.52. The fraction of sp³-hybridized carbons (Fsp3) is 0.459. The van der Waals surface area contributed by atoms with Gasteiger partial charge in [0.2, 0.25) is 11.8 Å². The van der Waals surface area contributed by atoms with Gasteiger partial charge in [-0.2, -0.15) is 0 Å². The Bertz CT molecular complexity index is 1450.